The second kappa shape index (κ2) is 5.95. The van der Waals surface area contributed by atoms with Crippen LogP contribution in [0.1, 0.15) is 36.9 Å². The molecule has 1 aromatic carbocycles. The third kappa shape index (κ3) is 2.99. The lowest BCUT2D eigenvalue weighted by Gasteiger charge is -2.23. The van der Waals surface area contributed by atoms with Crippen molar-refractivity contribution in [3.05, 3.63) is 35.4 Å². The number of hydrogen-bond acceptors (Lipinski definition) is 2. The molecule has 1 heterocycles. The third-order valence-electron chi connectivity index (χ3n) is 3.13. The van der Waals surface area contributed by atoms with Gasteiger partial charge in [-0.25, -0.2) is 0 Å². The topological polar surface area (TPSA) is 35.2 Å². The summed E-state index contributed by atoms with van der Waals surface area (Å²) in [7, 11) is 0. The average molecular weight is 278 g/mol. The van der Waals surface area contributed by atoms with Crippen LogP contribution < -0.4 is 5.73 Å². The van der Waals surface area contributed by atoms with Crippen molar-refractivity contribution in [3.63, 3.8) is 0 Å². The Labute approximate surface area is 112 Å². The maximum atomic E-state index is 14.1. The largest absolute Gasteiger partial charge is 0.372 e. The summed E-state index contributed by atoms with van der Waals surface area (Å²) in [6, 6.07) is 6.06. The summed E-state index contributed by atoms with van der Waals surface area (Å²) < 4.78 is 33.4. The molecule has 1 aliphatic heterocycles. The molecule has 0 amide bonds. The number of benzene rings is 1. The van der Waals surface area contributed by atoms with Crippen LogP contribution in [0.5, 0.6) is 0 Å². The van der Waals surface area contributed by atoms with Crippen LogP contribution >= 0.6 is 12.4 Å². The van der Waals surface area contributed by atoms with Gasteiger partial charge in [0.25, 0.3) is 5.92 Å². The van der Waals surface area contributed by atoms with Gasteiger partial charge in [-0.3, -0.25) is 0 Å². The second-order valence-corrected chi connectivity index (χ2v) is 4.54. The zero-order valence-electron chi connectivity index (χ0n) is 10.2. The monoisotopic (exact) mass is 277 g/mol. The van der Waals surface area contributed by atoms with Gasteiger partial charge in [0.2, 0.25) is 0 Å². The first-order valence-corrected chi connectivity index (χ1v) is 5.87. The summed E-state index contributed by atoms with van der Waals surface area (Å²) in [5.74, 6) is -2.93. The smallest absolute Gasteiger partial charge is 0.298 e. The van der Waals surface area contributed by atoms with Gasteiger partial charge in [0, 0.05) is 18.2 Å². The lowest BCUT2D eigenvalue weighted by Crippen LogP contribution is -2.30. The fourth-order valence-electron chi connectivity index (χ4n) is 2.08. The highest BCUT2D eigenvalue weighted by Crippen LogP contribution is 2.38. The third-order valence-corrected chi connectivity index (χ3v) is 3.13. The van der Waals surface area contributed by atoms with E-state index < -0.39 is 12.0 Å². The maximum Gasteiger partial charge on any atom is 0.298 e. The summed E-state index contributed by atoms with van der Waals surface area (Å²) in [5.41, 5.74) is 6.42. The first kappa shape index (κ1) is 15.3. The van der Waals surface area contributed by atoms with Crippen LogP contribution in [0, 0.1) is 0 Å². The van der Waals surface area contributed by atoms with Gasteiger partial charge in [0.05, 0.1) is 0 Å². The average Bonchev–Trinajstić information content (AvgIpc) is 2.83. The van der Waals surface area contributed by atoms with E-state index in [1.807, 2.05) is 0 Å². The van der Waals surface area contributed by atoms with E-state index in [2.05, 4.69) is 0 Å². The van der Waals surface area contributed by atoms with Gasteiger partial charge in [-0.2, -0.15) is 8.78 Å². The first-order valence-electron chi connectivity index (χ1n) is 5.87. The van der Waals surface area contributed by atoms with Crippen molar-refractivity contribution in [2.45, 2.75) is 37.8 Å². The SMILES string of the molecule is C[C@H](N)c1cccc(C(F)(F)C2CCCO2)c1.Cl. The molecule has 102 valence electrons. The molecule has 18 heavy (non-hydrogen) atoms. The van der Waals surface area contributed by atoms with Gasteiger partial charge in [0.1, 0.15) is 6.10 Å². The number of halogens is 3. The molecule has 0 saturated carbocycles. The molecule has 2 rings (SSSR count). The Morgan fingerprint density at radius 2 is 2.17 bits per heavy atom. The summed E-state index contributed by atoms with van der Waals surface area (Å²) in [4.78, 5) is 0. The molecule has 1 saturated heterocycles. The second-order valence-electron chi connectivity index (χ2n) is 4.54. The van der Waals surface area contributed by atoms with Crippen molar-refractivity contribution in [3.8, 4) is 0 Å². The molecule has 2 nitrogen and oxygen atoms in total. The predicted octanol–water partition coefficient (Wildman–Crippen LogP) is 3.40. The van der Waals surface area contributed by atoms with Crippen LogP contribution in [-0.4, -0.2) is 12.7 Å². The molecule has 0 spiro atoms. The Hall–Kier alpha value is -0.710. The zero-order valence-corrected chi connectivity index (χ0v) is 11.1. The number of nitrogens with two attached hydrogens (primary N) is 1. The molecule has 0 radical (unpaired) electrons. The Morgan fingerprint density at radius 3 is 2.72 bits per heavy atom. The Bertz CT molecular complexity index is 392. The van der Waals surface area contributed by atoms with E-state index in [1.54, 1.807) is 19.1 Å². The Balaban J connectivity index is 0.00000162. The molecule has 2 N–H and O–H groups in total. The summed E-state index contributed by atoms with van der Waals surface area (Å²) in [6.45, 7) is 2.20. The van der Waals surface area contributed by atoms with Gasteiger partial charge in [-0.1, -0.05) is 18.2 Å². The van der Waals surface area contributed by atoms with E-state index >= 15 is 0 Å². The van der Waals surface area contributed by atoms with Crippen molar-refractivity contribution in [1.82, 2.24) is 0 Å². The first-order chi connectivity index (χ1) is 8.01. The van der Waals surface area contributed by atoms with Crippen LogP contribution in [0.2, 0.25) is 0 Å². The molecule has 0 aliphatic carbocycles. The standard InChI is InChI=1S/C13H17F2NO.ClH/c1-9(16)10-4-2-5-11(8-10)13(14,15)12-6-3-7-17-12;/h2,4-5,8-9,12H,3,6-7,16H2,1H3;1H/t9-,12?;/m0./s1. The molecular weight excluding hydrogens is 260 g/mol. The number of rotatable bonds is 3. The molecule has 1 fully saturated rings. The predicted molar refractivity (Wildman–Crippen MR) is 69.2 cm³/mol. The normalized spacial score (nSPS) is 21.4. The molecule has 1 aliphatic rings. The summed E-state index contributed by atoms with van der Waals surface area (Å²) >= 11 is 0. The Morgan fingerprint density at radius 1 is 1.44 bits per heavy atom. The number of ether oxygens (including phenoxy) is 1. The highest BCUT2D eigenvalue weighted by molar-refractivity contribution is 5.85. The van der Waals surface area contributed by atoms with Crippen molar-refractivity contribution < 1.29 is 13.5 Å². The van der Waals surface area contributed by atoms with Gasteiger partial charge in [0.15, 0.2) is 0 Å². The van der Waals surface area contributed by atoms with Crippen LogP contribution in [-0.2, 0) is 10.7 Å². The van der Waals surface area contributed by atoms with Crippen LogP contribution in [0.25, 0.3) is 0 Å². The minimum Gasteiger partial charge on any atom is -0.372 e. The summed E-state index contributed by atoms with van der Waals surface area (Å²) in [5, 5.41) is 0. The lowest BCUT2D eigenvalue weighted by molar-refractivity contribution is -0.122. The fraction of sp³-hybridized carbons (Fsp3) is 0.538. The van der Waals surface area contributed by atoms with E-state index in [1.165, 1.54) is 12.1 Å². The van der Waals surface area contributed by atoms with Crippen LogP contribution in [0.15, 0.2) is 24.3 Å². The molecule has 0 bridgehead atoms. The van der Waals surface area contributed by atoms with Crippen LogP contribution in [0.4, 0.5) is 8.78 Å². The van der Waals surface area contributed by atoms with E-state index in [0.717, 1.165) is 5.56 Å². The minimum atomic E-state index is -2.93. The molecule has 0 aromatic heterocycles. The van der Waals surface area contributed by atoms with Crippen molar-refractivity contribution in [2.24, 2.45) is 5.73 Å². The van der Waals surface area contributed by atoms with E-state index in [4.69, 9.17) is 10.5 Å². The van der Waals surface area contributed by atoms with E-state index in [0.29, 0.717) is 19.4 Å². The zero-order chi connectivity index (χ0) is 12.5. The molecule has 5 heteroatoms. The van der Waals surface area contributed by atoms with Gasteiger partial charge < -0.3 is 10.5 Å². The van der Waals surface area contributed by atoms with E-state index in [9.17, 15) is 8.78 Å². The number of alkyl halides is 2. The van der Waals surface area contributed by atoms with Crippen molar-refractivity contribution in [1.29, 1.82) is 0 Å². The quantitative estimate of drug-likeness (QED) is 0.919. The summed E-state index contributed by atoms with van der Waals surface area (Å²) in [6.07, 6.45) is 0.119. The van der Waals surface area contributed by atoms with Crippen LogP contribution in [0.3, 0.4) is 0 Å². The number of hydrogen-bond donors (Lipinski definition) is 1. The van der Waals surface area contributed by atoms with Gasteiger partial charge in [-0.05, 0) is 31.4 Å². The minimum absolute atomic E-state index is 0. The lowest BCUT2D eigenvalue weighted by atomic mass is 9.97. The van der Waals surface area contributed by atoms with Gasteiger partial charge >= 0.3 is 0 Å². The molecule has 2 atom stereocenters. The molecule has 1 unspecified atom stereocenters. The maximum absolute atomic E-state index is 14.1. The molecular formula is C13H18ClF2NO. The van der Waals surface area contributed by atoms with E-state index in [-0.39, 0.29) is 24.0 Å². The fourth-order valence-corrected chi connectivity index (χ4v) is 2.08. The molecule has 1 aromatic rings. The highest BCUT2D eigenvalue weighted by atomic mass is 35.5. The van der Waals surface area contributed by atoms with Crippen molar-refractivity contribution >= 4 is 12.4 Å². The van der Waals surface area contributed by atoms with Crippen molar-refractivity contribution in [2.75, 3.05) is 6.61 Å². The Kier molecular flexibility index (Phi) is 5.08. The highest BCUT2D eigenvalue weighted by Gasteiger charge is 2.43. The van der Waals surface area contributed by atoms with Gasteiger partial charge in [-0.15, -0.1) is 12.4 Å².